The van der Waals surface area contributed by atoms with Gasteiger partial charge in [0.2, 0.25) is 0 Å². The van der Waals surface area contributed by atoms with Gasteiger partial charge in [-0.15, -0.1) is 0 Å². The van der Waals surface area contributed by atoms with Gasteiger partial charge in [0.05, 0.1) is 5.71 Å². The number of benzene rings is 3. The first-order chi connectivity index (χ1) is 15.1. The maximum Gasteiger partial charge on any atom is 0.333 e. The van der Waals surface area contributed by atoms with Gasteiger partial charge in [0.1, 0.15) is 6.61 Å². The number of nitrogens with zero attached hydrogens (tertiary/aromatic N) is 1. The largest absolute Gasteiger partial charge is 0.479 e. The number of aliphatic carboxylic acids is 1. The van der Waals surface area contributed by atoms with Crippen LogP contribution in [0, 0.1) is 0 Å². The van der Waals surface area contributed by atoms with Crippen molar-refractivity contribution in [1.82, 2.24) is 0 Å². The molecule has 0 radical (unpaired) electrons. The first kappa shape index (κ1) is 22.2. The van der Waals surface area contributed by atoms with Crippen molar-refractivity contribution in [2.45, 2.75) is 33.0 Å². The number of hydrogen-bond donors (Lipinski definition) is 1. The van der Waals surface area contributed by atoms with E-state index in [4.69, 9.17) is 9.57 Å². The van der Waals surface area contributed by atoms with Gasteiger partial charge in [-0.1, -0.05) is 78.0 Å². The van der Waals surface area contributed by atoms with E-state index in [0.717, 1.165) is 28.0 Å². The molecule has 0 unspecified atom stereocenters. The molecule has 1 N–H and O–H groups in total. The highest BCUT2D eigenvalue weighted by Crippen LogP contribution is 2.19. The molecule has 0 aliphatic carbocycles. The van der Waals surface area contributed by atoms with Crippen molar-refractivity contribution in [2.75, 3.05) is 6.61 Å². The number of carboxylic acid groups (broad SMARTS) is 1. The molecule has 0 aliphatic heterocycles. The molecule has 3 aromatic carbocycles. The van der Waals surface area contributed by atoms with Gasteiger partial charge in [-0.25, -0.2) is 4.79 Å². The van der Waals surface area contributed by atoms with Crippen molar-refractivity contribution >= 4 is 11.7 Å². The average Bonchev–Trinajstić information content (AvgIpc) is 2.80. The van der Waals surface area contributed by atoms with Crippen molar-refractivity contribution in [3.05, 3.63) is 95.6 Å². The first-order valence-electron chi connectivity index (χ1n) is 10.3. The zero-order valence-electron chi connectivity index (χ0n) is 17.8. The predicted molar refractivity (Wildman–Crippen MR) is 122 cm³/mol. The molecule has 3 aromatic rings. The predicted octanol–water partition coefficient (Wildman–Crippen LogP) is 5.33. The van der Waals surface area contributed by atoms with E-state index < -0.39 is 12.1 Å². The fourth-order valence-electron chi connectivity index (χ4n) is 3.24. The molecule has 0 saturated heterocycles. The van der Waals surface area contributed by atoms with Crippen LogP contribution < -0.4 is 0 Å². The number of oxime groups is 1. The van der Waals surface area contributed by atoms with Crippen LogP contribution in [0.5, 0.6) is 0 Å². The van der Waals surface area contributed by atoms with Crippen molar-refractivity contribution in [3.8, 4) is 11.1 Å². The Hall–Kier alpha value is -3.44. The molecule has 1 atom stereocenters. The molecule has 5 heteroatoms. The van der Waals surface area contributed by atoms with Crippen LogP contribution in [0.4, 0.5) is 0 Å². The summed E-state index contributed by atoms with van der Waals surface area (Å²) < 4.78 is 5.30. The van der Waals surface area contributed by atoms with E-state index in [9.17, 15) is 9.90 Å². The van der Waals surface area contributed by atoms with E-state index in [1.54, 1.807) is 6.92 Å². The smallest absolute Gasteiger partial charge is 0.333 e. The highest BCUT2D eigenvalue weighted by atomic mass is 16.6. The normalized spacial score (nSPS) is 12.4. The fourth-order valence-corrected chi connectivity index (χ4v) is 3.24. The maximum absolute atomic E-state index is 11.3. The SMILES string of the molecule is CCO[C@H](Cc1cccc(/C(C)=N/OCc2ccc(-c3ccccc3)cc2)c1)C(=O)O. The van der Waals surface area contributed by atoms with E-state index in [0.29, 0.717) is 19.6 Å². The lowest BCUT2D eigenvalue weighted by atomic mass is 10.0. The van der Waals surface area contributed by atoms with Crippen LogP contribution in [0.3, 0.4) is 0 Å². The maximum atomic E-state index is 11.3. The summed E-state index contributed by atoms with van der Waals surface area (Å²) in [6.07, 6.45) is -0.550. The molecule has 0 spiro atoms. The Bertz CT molecular complexity index is 1010. The Labute approximate surface area is 182 Å². The molecule has 0 bridgehead atoms. The Morgan fingerprint density at radius 2 is 1.65 bits per heavy atom. The minimum atomic E-state index is -0.959. The van der Waals surface area contributed by atoms with E-state index in [-0.39, 0.29) is 0 Å². The van der Waals surface area contributed by atoms with Crippen LogP contribution in [0.2, 0.25) is 0 Å². The van der Waals surface area contributed by atoms with Crippen LogP contribution in [-0.4, -0.2) is 29.5 Å². The van der Waals surface area contributed by atoms with Crippen molar-refractivity contribution < 1.29 is 19.5 Å². The number of hydrogen-bond acceptors (Lipinski definition) is 4. The molecule has 160 valence electrons. The number of rotatable bonds is 10. The zero-order valence-corrected chi connectivity index (χ0v) is 17.8. The number of carboxylic acids is 1. The van der Waals surface area contributed by atoms with Crippen LogP contribution in [0.15, 0.2) is 84.0 Å². The summed E-state index contributed by atoms with van der Waals surface area (Å²) in [6.45, 7) is 4.39. The molecule has 31 heavy (non-hydrogen) atoms. The third-order valence-electron chi connectivity index (χ3n) is 4.90. The molecule has 0 saturated carbocycles. The van der Waals surface area contributed by atoms with Gasteiger partial charge in [0.15, 0.2) is 6.10 Å². The lowest BCUT2D eigenvalue weighted by molar-refractivity contribution is -0.149. The zero-order chi connectivity index (χ0) is 22.1. The molecular weight excluding hydrogens is 390 g/mol. The lowest BCUT2D eigenvalue weighted by Crippen LogP contribution is -2.26. The highest BCUT2D eigenvalue weighted by molar-refractivity contribution is 5.98. The molecule has 0 amide bonds. The topological polar surface area (TPSA) is 68.1 Å². The molecule has 5 nitrogen and oxygen atoms in total. The third-order valence-corrected chi connectivity index (χ3v) is 4.90. The van der Waals surface area contributed by atoms with Crippen molar-refractivity contribution in [2.24, 2.45) is 5.16 Å². The van der Waals surface area contributed by atoms with Crippen LogP contribution in [0.25, 0.3) is 11.1 Å². The summed E-state index contributed by atoms with van der Waals surface area (Å²) in [5.41, 5.74) is 5.87. The molecule has 0 aromatic heterocycles. The highest BCUT2D eigenvalue weighted by Gasteiger charge is 2.18. The van der Waals surface area contributed by atoms with Gasteiger partial charge >= 0.3 is 5.97 Å². The van der Waals surface area contributed by atoms with E-state index in [2.05, 4.69) is 29.4 Å². The summed E-state index contributed by atoms with van der Waals surface area (Å²) in [6, 6.07) is 26.1. The Morgan fingerprint density at radius 3 is 2.32 bits per heavy atom. The number of ether oxygens (including phenoxy) is 1. The second-order valence-electron chi connectivity index (χ2n) is 7.20. The average molecular weight is 418 g/mol. The van der Waals surface area contributed by atoms with Crippen LogP contribution >= 0.6 is 0 Å². The summed E-state index contributed by atoms with van der Waals surface area (Å²) in [4.78, 5) is 16.9. The van der Waals surface area contributed by atoms with Crippen LogP contribution in [-0.2, 0) is 27.4 Å². The van der Waals surface area contributed by atoms with E-state index >= 15 is 0 Å². The minimum Gasteiger partial charge on any atom is -0.479 e. The number of carbonyl (C=O) groups is 1. The quantitative estimate of drug-likeness (QED) is 0.358. The minimum absolute atomic E-state index is 0.304. The second-order valence-corrected chi connectivity index (χ2v) is 7.20. The Morgan fingerprint density at radius 1 is 0.935 bits per heavy atom. The molecule has 0 heterocycles. The van der Waals surface area contributed by atoms with Gasteiger partial charge in [0.25, 0.3) is 0 Å². The first-order valence-corrected chi connectivity index (χ1v) is 10.3. The summed E-state index contributed by atoms with van der Waals surface area (Å²) in [5.74, 6) is -0.959. The van der Waals surface area contributed by atoms with Gasteiger partial charge in [0, 0.05) is 13.0 Å². The summed E-state index contributed by atoms with van der Waals surface area (Å²) in [7, 11) is 0. The van der Waals surface area contributed by atoms with E-state index in [1.807, 2.05) is 61.5 Å². The lowest BCUT2D eigenvalue weighted by Gasteiger charge is -2.13. The summed E-state index contributed by atoms with van der Waals surface area (Å²) in [5, 5.41) is 13.5. The van der Waals surface area contributed by atoms with Gasteiger partial charge in [-0.05, 0) is 47.7 Å². The third kappa shape index (κ3) is 6.52. The second kappa shape index (κ2) is 11.1. The van der Waals surface area contributed by atoms with Gasteiger partial charge < -0.3 is 14.7 Å². The standard InChI is InChI=1S/C26H27NO4/c1-3-30-25(26(28)29)17-21-8-7-11-24(16-21)19(2)27-31-18-20-12-14-23(15-13-20)22-9-5-4-6-10-22/h4-16,25H,3,17-18H2,1-2H3,(H,28,29)/b27-19+/t25-/m1/s1. The molecule has 3 rings (SSSR count). The Balaban J connectivity index is 1.60. The van der Waals surface area contributed by atoms with Gasteiger partial charge in [-0.3, -0.25) is 0 Å². The van der Waals surface area contributed by atoms with E-state index in [1.165, 1.54) is 5.56 Å². The van der Waals surface area contributed by atoms with Crippen molar-refractivity contribution in [1.29, 1.82) is 0 Å². The molecule has 0 aliphatic rings. The molecule has 0 fully saturated rings. The van der Waals surface area contributed by atoms with Crippen LogP contribution in [0.1, 0.15) is 30.5 Å². The van der Waals surface area contributed by atoms with Gasteiger partial charge in [-0.2, -0.15) is 0 Å². The fraction of sp³-hybridized carbons (Fsp3) is 0.231. The Kier molecular flexibility index (Phi) is 7.96. The summed E-state index contributed by atoms with van der Waals surface area (Å²) >= 11 is 0. The molecular formula is C26H27NO4. The van der Waals surface area contributed by atoms with Crippen molar-refractivity contribution in [3.63, 3.8) is 0 Å². The monoisotopic (exact) mass is 417 g/mol.